The van der Waals surface area contributed by atoms with E-state index in [1.165, 1.54) is 64.6 Å². The Morgan fingerprint density at radius 2 is 1.81 bits per heavy atom. The molecule has 0 aromatic rings. The first-order valence-electron chi connectivity index (χ1n) is 9.44. The molecule has 2 heterocycles. The van der Waals surface area contributed by atoms with Crippen LogP contribution in [0.15, 0.2) is 0 Å². The van der Waals surface area contributed by atoms with Crippen molar-refractivity contribution in [2.75, 3.05) is 26.2 Å². The minimum Gasteiger partial charge on any atom is -0.376 e. The van der Waals surface area contributed by atoms with Gasteiger partial charge in [0.15, 0.2) is 0 Å². The largest absolute Gasteiger partial charge is 0.376 e. The fraction of sp³-hybridized carbons (Fsp3) is 1.00. The highest BCUT2D eigenvalue weighted by molar-refractivity contribution is 4.83. The number of hydrogen-bond donors (Lipinski definition) is 1. The summed E-state index contributed by atoms with van der Waals surface area (Å²) in [7, 11) is 0. The molecule has 0 saturated carbocycles. The third-order valence-electron chi connectivity index (χ3n) is 5.70. The zero-order valence-electron chi connectivity index (χ0n) is 14.9. The normalized spacial score (nSPS) is 28.1. The predicted molar refractivity (Wildman–Crippen MR) is 89.7 cm³/mol. The van der Waals surface area contributed by atoms with Crippen molar-refractivity contribution in [3.63, 3.8) is 0 Å². The molecular weight excluding hydrogens is 258 g/mol. The van der Waals surface area contributed by atoms with E-state index in [-0.39, 0.29) is 5.60 Å². The molecule has 2 atom stereocenters. The molecule has 0 aromatic heterocycles. The highest BCUT2D eigenvalue weighted by atomic mass is 16.5. The zero-order valence-corrected chi connectivity index (χ0v) is 14.9. The lowest BCUT2D eigenvalue weighted by atomic mass is 9.75. The maximum Gasteiger partial charge on any atom is 0.0773 e. The summed E-state index contributed by atoms with van der Waals surface area (Å²) in [6.07, 6.45) is 9.76. The number of ether oxygens (including phenoxy) is 1. The Balaban J connectivity index is 1.86. The van der Waals surface area contributed by atoms with Gasteiger partial charge in [0.2, 0.25) is 0 Å². The van der Waals surface area contributed by atoms with Crippen LogP contribution in [0.3, 0.4) is 0 Å². The second kappa shape index (κ2) is 7.97. The minimum absolute atomic E-state index is 0.111. The van der Waals surface area contributed by atoms with E-state index in [0.717, 1.165) is 24.4 Å². The Labute approximate surface area is 132 Å². The molecule has 1 N–H and O–H groups in total. The standard InChI is InChI=1S/C19H37NO/c1-16(2)7-8-17(9-13-20-11-5-6-12-20)18-10-14-21-19(3,4)15-18/h16-18H,5-15H2,1-4H3/p+1/t17-,18+/m1/s1. The van der Waals surface area contributed by atoms with Crippen molar-refractivity contribution in [2.45, 2.75) is 78.2 Å². The Bertz CT molecular complexity index is 294. The highest BCUT2D eigenvalue weighted by Crippen LogP contribution is 2.37. The monoisotopic (exact) mass is 296 g/mol. The van der Waals surface area contributed by atoms with Crippen molar-refractivity contribution in [2.24, 2.45) is 17.8 Å². The van der Waals surface area contributed by atoms with Gasteiger partial charge in [-0.05, 0) is 57.3 Å². The molecule has 21 heavy (non-hydrogen) atoms. The van der Waals surface area contributed by atoms with Gasteiger partial charge < -0.3 is 9.64 Å². The molecule has 0 amide bonds. The maximum atomic E-state index is 5.94. The van der Waals surface area contributed by atoms with Gasteiger partial charge in [0.05, 0.1) is 25.2 Å². The van der Waals surface area contributed by atoms with Gasteiger partial charge in [-0.1, -0.05) is 20.3 Å². The van der Waals surface area contributed by atoms with Crippen LogP contribution < -0.4 is 4.90 Å². The van der Waals surface area contributed by atoms with Gasteiger partial charge in [-0.3, -0.25) is 0 Å². The number of hydrogen-bond acceptors (Lipinski definition) is 1. The van der Waals surface area contributed by atoms with Crippen LogP contribution in [0.4, 0.5) is 0 Å². The van der Waals surface area contributed by atoms with Crippen molar-refractivity contribution < 1.29 is 9.64 Å². The van der Waals surface area contributed by atoms with E-state index in [9.17, 15) is 0 Å². The summed E-state index contributed by atoms with van der Waals surface area (Å²) in [5.74, 6) is 2.68. The van der Waals surface area contributed by atoms with Crippen LogP contribution in [0.25, 0.3) is 0 Å². The number of likely N-dealkylation sites (tertiary alicyclic amines) is 1. The van der Waals surface area contributed by atoms with Gasteiger partial charge in [0.25, 0.3) is 0 Å². The molecule has 0 radical (unpaired) electrons. The molecule has 2 saturated heterocycles. The lowest BCUT2D eigenvalue weighted by Gasteiger charge is -2.39. The molecule has 2 nitrogen and oxygen atoms in total. The average Bonchev–Trinajstić information content (AvgIpc) is 2.90. The number of nitrogens with one attached hydrogen (secondary N) is 1. The van der Waals surface area contributed by atoms with Crippen molar-refractivity contribution in [3.8, 4) is 0 Å². The number of rotatable bonds is 7. The van der Waals surface area contributed by atoms with Crippen molar-refractivity contribution >= 4 is 0 Å². The molecule has 2 fully saturated rings. The van der Waals surface area contributed by atoms with Crippen LogP contribution in [0, 0.1) is 17.8 Å². The molecule has 0 aromatic carbocycles. The summed E-state index contributed by atoms with van der Waals surface area (Å²) in [6.45, 7) is 14.6. The Hall–Kier alpha value is -0.0800. The van der Waals surface area contributed by atoms with Crippen molar-refractivity contribution in [1.29, 1.82) is 0 Å². The first kappa shape index (κ1) is 17.3. The summed E-state index contributed by atoms with van der Waals surface area (Å²) in [6, 6.07) is 0. The van der Waals surface area contributed by atoms with Crippen molar-refractivity contribution in [1.82, 2.24) is 0 Å². The van der Waals surface area contributed by atoms with E-state index in [0.29, 0.717) is 0 Å². The predicted octanol–water partition coefficient (Wildman–Crippen LogP) is 3.31. The molecule has 0 unspecified atom stereocenters. The SMILES string of the molecule is CC(C)CC[C@H](CC[NH+]1CCCC1)[C@H]1CCOC(C)(C)C1. The topological polar surface area (TPSA) is 13.7 Å². The van der Waals surface area contributed by atoms with Crippen LogP contribution in [-0.2, 0) is 4.74 Å². The van der Waals surface area contributed by atoms with Crippen LogP contribution in [-0.4, -0.2) is 31.8 Å². The minimum atomic E-state index is 0.111. The van der Waals surface area contributed by atoms with Crippen LogP contribution in [0.5, 0.6) is 0 Å². The average molecular weight is 297 g/mol. The van der Waals surface area contributed by atoms with E-state index in [1.54, 1.807) is 0 Å². The van der Waals surface area contributed by atoms with Gasteiger partial charge >= 0.3 is 0 Å². The van der Waals surface area contributed by atoms with E-state index < -0.39 is 0 Å². The molecule has 2 aliphatic rings. The van der Waals surface area contributed by atoms with E-state index in [2.05, 4.69) is 27.7 Å². The lowest BCUT2D eigenvalue weighted by molar-refractivity contribution is -0.888. The zero-order chi connectivity index (χ0) is 15.3. The smallest absolute Gasteiger partial charge is 0.0773 e. The Morgan fingerprint density at radius 3 is 2.43 bits per heavy atom. The summed E-state index contributed by atoms with van der Waals surface area (Å²) in [5, 5.41) is 0. The third-order valence-corrected chi connectivity index (χ3v) is 5.70. The maximum absolute atomic E-state index is 5.94. The Kier molecular flexibility index (Phi) is 6.55. The van der Waals surface area contributed by atoms with Crippen LogP contribution >= 0.6 is 0 Å². The summed E-state index contributed by atoms with van der Waals surface area (Å²) >= 11 is 0. The summed E-state index contributed by atoms with van der Waals surface area (Å²) in [5.41, 5.74) is 0.111. The fourth-order valence-corrected chi connectivity index (χ4v) is 4.36. The molecular formula is C19H38NO+. The molecule has 2 heteroatoms. The lowest BCUT2D eigenvalue weighted by Crippen LogP contribution is -3.10. The van der Waals surface area contributed by atoms with Crippen molar-refractivity contribution in [3.05, 3.63) is 0 Å². The van der Waals surface area contributed by atoms with Gasteiger partial charge in [-0.2, -0.15) is 0 Å². The highest BCUT2D eigenvalue weighted by Gasteiger charge is 2.33. The van der Waals surface area contributed by atoms with E-state index >= 15 is 0 Å². The second-order valence-corrected chi connectivity index (χ2v) is 8.59. The van der Waals surface area contributed by atoms with Crippen LogP contribution in [0.1, 0.15) is 72.6 Å². The molecule has 2 aliphatic heterocycles. The molecule has 2 rings (SSSR count). The van der Waals surface area contributed by atoms with Gasteiger partial charge in [-0.25, -0.2) is 0 Å². The van der Waals surface area contributed by atoms with E-state index in [4.69, 9.17) is 4.74 Å². The number of quaternary nitrogens is 1. The van der Waals surface area contributed by atoms with Gasteiger partial charge in [0, 0.05) is 19.4 Å². The summed E-state index contributed by atoms with van der Waals surface area (Å²) in [4.78, 5) is 1.87. The summed E-state index contributed by atoms with van der Waals surface area (Å²) < 4.78 is 5.94. The molecule has 0 bridgehead atoms. The first-order valence-corrected chi connectivity index (χ1v) is 9.44. The van der Waals surface area contributed by atoms with E-state index in [1.807, 2.05) is 4.90 Å². The molecule has 0 spiro atoms. The first-order chi connectivity index (χ1) is 9.96. The molecule has 0 aliphatic carbocycles. The van der Waals surface area contributed by atoms with Crippen LogP contribution in [0.2, 0.25) is 0 Å². The second-order valence-electron chi connectivity index (χ2n) is 8.59. The van der Waals surface area contributed by atoms with Gasteiger partial charge in [-0.15, -0.1) is 0 Å². The molecule has 124 valence electrons. The fourth-order valence-electron chi connectivity index (χ4n) is 4.36. The Morgan fingerprint density at radius 1 is 1.10 bits per heavy atom. The quantitative estimate of drug-likeness (QED) is 0.761. The third kappa shape index (κ3) is 5.90. The van der Waals surface area contributed by atoms with Gasteiger partial charge in [0.1, 0.15) is 0 Å².